The number of nitrogens with one attached hydrogen (secondary N) is 2. The van der Waals surface area contributed by atoms with E-state index in [0.29, 0.717) is 24.5 Å². The summed E-state index contributed by atoms with van der Waals surface area (Å²) in [5.74, 6) is 5.22. The number of ether oxygens (including phenoxy) is 2. The fourth-order valence-electron chi connectivity index (χ4n) is 1.37. The predicted molar refractivity (Wildman–Crippen MR) is 72.1 cm³/mol. The maximum atomic E-state index is 11.9. The van der Waals surface area contributed by atoms with Gasteiger partial charge in [0.15, 0.2) is 5.82 Å². The molecule has 0 radical (unpaired) electrons. The molecule has 0 fully saturated rings. The van der Waals surface area contributed by atoms with Crippen LogP contribution in [-0.2, 0) is 9.47 Å². The van der Waals surface area contributed by atoms with Gasteiger partial charge in [0.25, 0.3) is 5.91 Å². The minimum Gasteiger partial charge on any atom is -0.382 e. The second kappa shape index (κ2) is 7.90. The van der Waals surface area contributed by atoms with Gasteiger partial charge in [-0.3, -0.25) is 4.79 Å². The minimum absolute atomic E-state index is 0.206. The molecular formula is C11H17ClN4O3. The highest BCUT2D eigenvalue weighted by atomic mass is 35.5. The first kappa shape index (κ1) is 15.6. The molecular weight excluding hydrogens is 272 g/mol. The molecule has 1 heterocycles. The fourth-order valence-corrected chi connectivity index (χ4v) is 1.59. The third kappa shape index (κ3) is 4.64. The molecule has 1 rings (SSSR count). The van der Waals surface area contributed by atoms with Crippen LogP contribution in [0.5, 0.6) is 0 Å². The van der Waals surface area contributed by atoms with Gasteiger partial charge in [-0.1, -0.05) is 11.6 Å². The van der Waals surface area contributed by atoms with Gasteiger partial charge < -0.3 is 20.2 Å². The van der Waals surface area contributed by atoms with Crippen molar-refractivity contribution < 1.29 is 14.3 Å². The van der Waals surface area contributed by atoms with Gasteiger partial charge in [0, 0.05) is 27.0 Å². The molecule has 4 N–H and O–H groups in total. The van der Waals surface area contributed by atoms with E-state index in [1.165, 1.54) is 12.3 Å². The highest BCUT2D eigenvalue weighted by Crippen LogP contribution is 2.18. The van der Waals surface area contributed by atoms with Gasteiger partial charge in [0.05, 0.1) is 23.3 Å². The van der Waals surface area contributed by atoms with Crippen LogP contribution >= 0.6 is 11.6 Å². The zero-order chi connectivity index (χ0) is 14.3. The Morgan fingerprint density at radius 2 is 2.32 bits per heavy atom. The van der Waals surface area contributed by atoms with Crippen LogP contribution < -0.4 is 16.6 Å². The molecule has 1 amide bonds. The molecule has 0 aliphatic heterocycles. The number of hydrazine groups is 1. The van der Waals surface area contributed by atoms with Crippen molar-refractivity contribution in [1.82, 2.24) is 10.3 Å². The Labute approximate surface area is 116 Å². The van der Waals surface area contributed by atoms with Gasteiger partial charge in [-0.25, -0.2) is 10.8 Å². The van der Waals surface area contributed by atoms with E-state index < -0.39 is 0 Å². The van der Waals surface area contributed by atoms with Gasteiger partial charge in [-0.15, -0.1) is 0 Å². The number of amides is 1. The first-order chi connectivity index (χ1) is 9.12. The smallest absolute Gasteiger partial charge is 0.252 e. The van der Waals surface area contributed by atoms with Crippen molar-refractivity contribution in [3.8, 4) is 0 Å². The highest BCUT2D eigenvalue weighted by molar-refractivity contribution is 6.33. The molecule has 1 aromatic heterocycles. The molecule has 0 spiro atoms. The number of halogens is 1. The molecule has 7 nitrogen and oxygen atoms in total. The number of anilines is 1. The lowest BCUT2D eigenvalue weighted by molar-refractivity contribution is 0.0285. The largest absolute Gasteiger partial charge is 0.382 e. The third-order valence-electron chi connectivity index (χ3n) is 2.42. The van der Waals surface area contributed by atoms with E-state index in [2.05, 4.69) is 15.7 Å². The molecule has 8 heteroatoms. The van der Waals surface area contributed by atoms with Gasteiger partial charge >= 0.3 is 0 Å². The number of rotatable bonds is 7. The molecule has 0 aliphatic rings. The van der Waals surface area contributed by atoms with Crippen LogP contribution in [-0.4, -0.2) is 44.4 Å². The van der Waals surface area contributed by atoms with Crippen LogP contribution in [0.4, 0.5) is 5.82 Å². The highest BCUT2D eigenvalue weighted by Gasteiger charge is 2.12. The molecule has 0 aromatic carbocycles. The van der Waals surface area contributed by atoms with E-state index in [1.807, 2.05) is 0 Å². The van der Waals surface area contributed by atoms with E-state index in [1.54, 1.807) is 14.2 Å². The van der Waals surface area contributed by atoms with E-state index in [4.69, 9.17) is 26.9 Å². The number of aromatic nitrogens is 1. The van der Waals surface area contributed by atoms with E-state index in [0.717, 1.165) is 0 Å². The number of pyridine rings is 1. The standard InChI is InChI=1S/C11H17ClN4O3/c1-18-6-8(19-2)5-15-11(17)7-3-9(12)10(16-13)14-4-7/h3-4,8H,5-6,13H2,1-2H3,(H,14,16)(H,15,17). The average molecular weight is 289 g/mol. The number of carbonyl (C=O) groups excluding carboxylic acids is 1. The Morgan fingerprint density at radius 3 is 2.84 bits per heavy atom. The van der Waals surface area contributed by atoms with Crippen molar-refractivity contribution in [3.05, 3.63) is 22.8 Å². The zero-order valence-corrected chi connectivity index (χ0v) is 11.5. The maximum Gasteiger partial charge on any atom is 0.252 e. The molecule has 1 atom stereocenters. The molecule has 19 heavy (non-hydrogen) atoms. The number of hydrogen-bond donors (Lipinski definition) is 3. The summed E-state index contributed by atoms with van der Waals surface area (Å²) >= 11 is 5.88. The SMILES string of the molecule is COCC(CNC(=O)c1cnc(NN)c(Cl)c1)OC. The Hall–Kier alpha value is -1.41. The molecule has 1 aromatic rings. The summed E-state index contributed by atoms with van der Waals surface area (Å²) in [7, 11) is 3.12. The van der Waals surface area contributed by atoms with Crippen molar-refractivity contribution in [2.45, 2.75) is 6.10 Å². The first-order valence-electron chi connectivity index (χ1n) is 5.54. The summed E-state index contributed by atoms with van der Waals surface area (Å²) in [4.78, 5) is 15.8. The number of nitrogens with zero attached hydrogens (tertiary/aromatic N) is 1. The topological polar surface area (TPSA) is 98.5 Å². The minimum atomic E-state index is -0.295. The van der Waals surface area contributed by atoms with Crippen LogP contribution in [0.3, 0.4) is 0 Å². The lowest BCUT2D eigenvalue weighted by Gasteiger charge is -2.15. The molecule has 0 aliphatic carbocycles. The summed E-state index contributed by atoms with van der Waals surface area (Å²) in [6.45, 7) is 0.726. The quantitative estimate of drug-likeness (QED) is 0.497. The second-order valence-corrected chi connectivity index (χ2v) is 4.13. The summed E-state index contributed by atoms with van der Waals surface area (Å²) in [5, 5.41) is 2.98. The Bertz CT molecular complexity index is 430. The van der Waals surface area contributed by atoms with E-state index in [9.17, 15) is 4.79 Å². The molecule has 0 saturated heterocycles. The Morgan fingerprint density at radius 1 is 1.58 bits per heavy atom. The normalized spacial score (nSPS) is 12.0. The van der Waals surface area contributed by atoms with Crippen molar-refractivity contribution in [3.63, 3.8) is 0 Å². The van der Waals surface area contributed by atoms with Crippen LogP contribution in [0.2, 0.25) is 5.02 Å². The van der Waals surface area contributed by atoms with Crippen molar-refractivity contribution in [2.24, 2.45) is 5.84 Å². The van der Waals surface area contributed by atoms with E-state index >= 15 is 0 Å². The van der Waals surface area contributed by atoms with Crippen LogP contribution in [0.15, 0.2) is 12.3 Å². The number of nitrogens with two attached hydrogens (primary N) is 1. The fraction of sp³-hybridized carbons (Fsp3) is 0.455. The van der Waals surface area contributed by atoms with Crippen LogP contribution in [0.25, 0.3) is 0 Å². The monoisotopic (exact) mass is 288 g/mol. The summed E-state index contributed by atoms with van der Waals surface area (Å²) in [6.07, 6.45) is 1.18. The predicted octanol–water partition coefficient (Wildman–Crippen LogP) is 0.412. The second-order valence-electron chi connectivity index (χ2n) is 3.72. The number of nitrogen functional groups attached to an aromatic ring is 1. The van der Waals surface area contributed by atoms with Gasteiger partial charge in [0.1, 0.15) is 0 Å². The molecule has 1 unspecified atom stereocenters. The zero-order valence-electron chi connectivity index (χ0n) is 10.8. The number of carbonyl (C=O) groups is 1. The van der Waals surface area contributed by atoms with Gasteiger partial charge in [-0.05, 0) is 6.07 Å². The van der Waals surface area contributed by atoms with E-state index in [-0.39, 0.29) is 17.0 Å². The first-order valence-corrected chi connectivity index (χ1v) is 5.92. The van der Waals surface area contributed by atoms with Gasteiger partial charge in [-0.2, -0.15) is 0 Å². The number of hydrogen-bond acceptors (Lipinski definition) is 6. The summed E-state index contributed by atoms with van der Waals surface area (Å²) in [5.41, 5.74) is 2.67. The average Bonchev–Trinajstić information content (AvgIpc) is 2.42. The molecule has 0 bridgehead atoms. The maximum absolute atomic E-state index is 11.9. The number of methoxy groups -OCH3 is 2. The summed E-state index contributed by atoms with van der Waals surface area (Å²) in [6, 6.07) is 1.48. The van der Waals surface area contributed by atoms with Gasteiger partial charge in [0.2, 0.25) is 0 Å². The molecule has 0 saturated carbocycles. The Kier molecular flexibility index (Phi) is 6.51. The third-order valence-corrected chi connectivity index (χ3v) is 2.70. The molecule has 106 valence electrons. The van der Waals surface area contributed by atoms with Crippen molar-refractivity contribution in [2.75, 3.05) is 32.8 Å². The lowest BCUT2D eigenvalue weighted by Crippen LogP contribution is -2.35. The van der Waals surface area contributed by atoms with Crippen LogP contribution in [0, 0.1) is 0 Å². The van der Waals surface area contributed by atoms with Crippen LogP contribution in [0.1, 0.15) is 10.4 Å². The van der Waals surface area contributed by atoms with Crippen molar-refractivity contribution in [1.29, 1.82) is 0 Å². The Balaban J connectivity index is 2.60. The lowest BCUT2D eigenvalue weighted by atomic mass is 10.2. The summed E-state index contributed by atoms with van der Waals surface area (Å²) < 4.78 is 10.1. The van der Waals surface area contributed by atoms with Crippen molar-refractivity contribution >= 4 is 23.3 Å².